The van der Waals surface area contributed by atoms with Crippen LogP contribution in [-0.2, 0) is 0 Å². The lowest BCUT2D eigenvalue weighted by Gasteiger charge is -2.08. The van der Waals surface area contributed by atoms with E-state index >= 15 is 0 Å². The number of benzene rings is 12. The molecule has 0 aliphatic heterocycles. The molecule has 82 heavy (non-hydrogen) atoms. The van der Waals surface area contributed by atoms with Crippen molar-refractivity contribution in [1.82, 2.24) is 9.13 Å². The number of aromatic nitrogens is 2. The lowest BCUT2D eigenvalue weighted by atomic mass is 9.79. The molecule has 0 saturated carbocycles. The van der Waals surface area contributed by atoms with Crippen molar-refractivity contribution in [3.05, 3.63) is 259 Å². The summed E-state index contributed by atoms with van der Waals surface area (Å²) in [5.41, 5.74) is 16.2. The van der Waals surface area contributed by atoms with Crippen LogP contribution in [0.2, 0.25) is 0 Å². The molecular weight excluding hydrogens is 1080 g/mol. The Kier molecular flexibility index (Phi) is 11.1. The van der Waals surface area contributed by atoms with Gasteiger partial charge < -0.3 is 36.9 Å². The Balaban J connectivity index is 0.000000111. The van der Waals surface area contributed by atoms with E-state index in [1.165, 1.54) is 43.6 Å². The van der Waals surface area contributed by atoms with Crippen molar-refractivity contribution in [3.63, 3.8) is 0 Å². The molecule has 10 heteroatoms. The van der Waals surface area contributed by atoms with Gasteiger partial charge in [0.15, 0.2) is 0 Å². The predicted octanol–water partition coefficient (Wildman–Crippen LogP) is 19.0. The minimum absolute atomic E-state index is 0.397. The van der Waals surface area contributed by atoms with Gasteiger partial charge in [-0.05, 0) is 94.8 Å². The first-order valence-corrected chi connectivity index (χ1v) is 27.9. The molecule has 18 rings (SSSR count). The summed E-state index contributed by atoms with van der Waals surface area (Å²) < 4.78 is 30.3. The Bertz CT molecular complexity index is 5460. The molecule has 0 aliphatic carbocycles. The fourth-order valence-electron chi connectivity index (χ4n) is 12.4. The maximum Gasteiger partial charge on any atom is 0.492 e. The monoisotopic (exact) mass is 1120 g/mol. The van der Waals surface area contributed by atoms with Crippen molar-refractivity contribution in [3.8, 4) is 22.5 Å². The summed E-state index contributed by atoms with van der Waals surface area (Å²) in [6.45, 7) is 0. The van der Waals surface area contributed by atoms with Crippen LogP contribution in [0.5, 0.6) is 0 Å². The number of hydrogen-bond acceptors (Lipinski definition) is 6. The van der Waals surface area contributed by atoms with E-state index in [1.807, 2.05) is 48.5 Å². The minimum atomic E-state index is -1.51. The normalized spacial score (nSPS) is 11.8. The third-order valence-electron chi connectivity index (χ3n) is 16.0. The Hall–Kier alpha value is -10.1. The average molecular weight is 1120 g/mol. The standard InChI is InChI=1S/C36H21NO2.C24H14BrNO.C12H9BO3/c1-4-16-31-23(9-1)24-10-2-5-17-32(24)37(31)22-19-20-34-30(21-22)29-15-8-14-28(36(29)39-34)27-13-7-12-26-25-11-3-6-18-33(25)38-35(26)27;25-20-9-5-8-18-19-14-15(12-13-23(19)27-24(18)20)26-21-10-3-1-6-16(21)17-7-2-4-11-22(17)26;14-13(15)10-6-3-5-9-8-4-1-2-7-11(8)16-12(9)10/h1-21H;1-14H;1-7,14-15H. The summed E-state index contributed by atoms with van der Waals surface area (Å²) in [5.74, 6) is 0. The summed E-state index contributed by atoms with van der Waals surface area (Å²) in [6, 6.07) is 87.4. The van der Waals surface area contributed by atoms with Crippen LogP contribution in [0.3, 0.4) is 0 Å². The summed E-state index contributed by atoms with van der Waals surface area (Å²) in [7, 11) is -1.51. The third kappa shape index (κ3) is 7.53. The summed E-state index contributed by atoms with van der Waals surface area (Å²) in [4.78, 5) is 0. The van der Waals surface area contributed by atoms with Gasteiger partial charge in [0.1, 0.15) is 44.7 Å². The van der Waals surface area contributed by atoms with Gasteiger partial charge in [-0.3, -0.25) is 0 Å². The molecule has 0 unspecified atom stereocenters. The van der Waals surface area contributed by atoms with Crippen LogP contribution in [0.1, 0.15) is 0 Å². The molecule has 0 fully saturated rings. The number of furan rings is 4. The van der Waals surface area contributed by atoms with Gasteiger partial charge in [-0.25, -0.2) is 0 Å². The summed E-state index contributed by atoms with van der Waals surface area (Å²) in [6.07, 6.45) is 0. The number of nitrogens with zero attached hydrogens (tertiary/aromatic N) is 2. The topological polar surface area (TPSA) is 103 Å². The zero-order valence-electron chi connectivity index (χ0n) is 43.6. The van der Waals surface area contributed by atoms with Gasteiger partial charge in [0.25, 0.3) is 0 Å². The Morgan fingerprint density at radius 2 is 0.610 bits per heavy atom. The highest BCUT2D eigenvalue weighted by Crippen LogP contribution is 2.43. The van der Waals surface area contributed by atoms with Crippen molar-refractivity contribution >= 4 is 160 Å². The largest absolute Gasteiger partial charge is 0.492 e. The highest BCUT2D eigenvalue weighted by molar-refractivity contribution is 9.10. The van der Waals surface area contributed by atoms with Gasteiger partial charge in [-0.2, -0.15) is 0 Å². The minimum Gasteiger partial charge on any atom is -0.456 e. The molecule has 0 aliphatic rings. The number of hydrogen-bond donors (Lipinski definition) is 2. The number of rotatable bonds is 4. The van der Waals surface area contributed by atoms with Gasteiger partial charge in [0, 0.05) is 92.6 Å². The van der Waals surface area contributed by atoms with Crippen LogP contribution in [0.25, 0.3) is 154 Å². The molecule has 2 N–H and O–H groups in total. The van der Waals surface area contributed by atoms with E-state index in [1.54, 1.807) is 12.1 Å². The first kappa shape index (κ1) is 47.9. The van der Waals surface area contributed by atoms with E-state index < -0.39 is 7.12 Å². The fourth-order valence-corrected chi connectivity index (χ4v) is 12.8. The second kappa shape index (κ2) is 19.0. The van der Waals surface area contributed by atoms with Crippen LogP contribution in [0.4, 0.5) is 0 Å². The van der Waals surface area contributed by atoms with Gasteiger partial charge in [-0.15, -0.1) is 0 Å². The summed E-state index contributed by atoms with van der Waals surface area (Å²) >= 11 is 3.60. The summed E-state index contributed by atoms with van der Waals surface area (Å²) in [5, 5.41) is 32.1. The van der Waals surface area contributed by atoms with Crippen LogP contribution in [-0.4, -0.2) is 26.3 Å². The maximum atomic E-state index is 9.24. The molecule has 0 amide bonds. The molecule has 18 aromatic rings. The van der Waals surface area contributed by atoms with Crippen molar-refractivity contribution in [2.45, 2.75) is 0 Å². The van der Waals surface area contributed by atoms with Crippen LogP contribution in [0, 0.1) is 0 Å². The molecule has 12 aromatic carbocycles. The molecule has 8 nitrogen and oxygen atoms in total. The molecule has 0 radical (unpaired) electrons. The molecule has 388 valence electrons. The van der Waals surface area contributed by atoms with E-state index in [2.05, 4.69) is 219 Å². The first-order valence-electron chi connectivity index (χ1n) is 27.1. The van der Waals surface area contributed by atoms with E-state index in [9.17, 15) is 10.0 Å². The quantitative estimate of drug-likeness (QED) is 0.170. The predicted molar refractivity (Wildman–Crippen MR) is 340 cm³/mol. The second-order valence-electron chi connectivity index (χ2n) is 20.6. The molecule has 0 saturated heterocycles. The molecule has 0 atom stereocenters. The lowest BCUT2D eigenvalue weighted by Crippen LogP contribution is -2.29. The van der Waals surface area contributed by atoms with Crippen LogP contribution in [0.15, 0.2) is 277 Å². The van der Waals surface area contributed by atoms with Gasteiger partial charge >= 0.3 is 7.12 Å². The number of halogens is 1. The lowest BCUT2D eigenvalue weighted by molar-refractivity contribution is 0.425. The molecule has 6 aromatic heterocycles. The Morgan fingerprint density at radius 3 is 1.07 bits per heavy atom. The van der Waals surface area contributed by atoms with E-state index in [0.717, 1.165) is 109 Å². The Labute approximate surface area is 475 Å². The van der Waals surface area contributed by atoms with Gasteiger partial charge in [-0.1, -0.05) is 176 Å². The molecule has 0 bridgehead atoms. The third-order valence-corrected chi connectivity index (χ3v) is 16.6. The van der Waals surface area contributed by atoms with Crippen molar-refractivity contribution < 1.29 is 27.7 Å². The van der Waals surface area contributed by atoms with Gasteiger partial charge in [0.05, 0.1) is 26.5 Å². The van der Waals surface area contributed by atoms with Crippen molar-refractivity contribution in [2.24, 2.45) is 0 Å². The second-order valence-corrected chi connectivity index (χ2v) is 21.4. The van der Waals surface area contributed by atoms with E-state index in [4.69, 9.17) is 17.7 Å². The number of fused-ring (bicyclic) bond motifs is 18. The fraction of sp³-hybridized carbons (Fsp3) is 0. The zero-order valence-corrected chi connectivity index (χ0v) is 45.2. The highest BCUT2D eigenvalue weighted by atomic mass is 79.9. The molecule has 6 heterocycles. The van der Waals surface area contributed by atoms with Crippen LogP contribution < -0.4 is 5.46 Å². The first-order chi connectivity index (χ1) is 40.4. The average Bonchev–Trinajstić information content (AvgIpc) is 4.12. The van der Waals surface area contributed by atoms with Crippen molar-refractivity contribution in [1.29, 1.82) is 0 Å². The maximum absolute atomic E-state index is 9.24. The van der Waals surface area contributed by atoms with Gasteiger partial charge in [0.2, 0.25) is 0 Å². The zero-order chi connectivity index (χ0) is 54.6. The number of para-hydroxylation sites is 10. The van der Waals surface area contributed by atoms with E-state index in [0.29, 0.717) is 11.0 Å². The smallest absolute Gasteiger partial charge is 0.456 e. The molecular formula is C72H44BBrN2O6. The van der Waals surface area contributed by atoms with Crippen molar-refractivity contribution in [2.75, 3.05) is 0 Å². The SMILES string of the molecule is Brc1cccc2c1oc1ccc(-n3c4ccccc4c4ccccc43)cc12.OB(O)c1cccc2c1oc1ccccc12.c1ccc2c(c1)oc1c(-c3cccc4c3oc3ccc(-n5c6ccccc6c6ccccc65)cc34)cccc12. The van der Waals surface area contributed by atoms with E-state index in [-0.39, 0.29) is 0 Å². The molecule has 0 spiro atoms. The Morgan fingerprint density at radius 1 is 0.280 bits per heavy atom. The highest BCUT2D eigenvalue weighted by Gasteiger charge is 2.21. The van der Waals surface area contributed by atoms with Crippen LogP contribution >= 0.6 is 15.9 Å².